The van der Waals surface area contributed by atoms with E-state index in [2.05, 4.69) is 4.72 Å². The summed E-state index contributed by atoms with van der Waals surface area (Å²) in [4.78, 5) is 12.7. The van der Waals surface area contributed by atoms with Crippen molar-refractivity contribution in [3.8, 4) is 0 Å². The summed E-state index contributed by atoms with van der Waals surface area (Å²) in [5.74, 6) is -0.608. The summed E-state index contributed by atoms with van der Waals surface area (Å²) >= 11 is 1.22. The number of thiophene rings is 1. The molecule has 6 nitrogen and oxygen atoms in total. The zero-order chi connectivity index (χ0) is 15.5. The average molecular weight is 333 g/mol. The lowest BCUT2D eigenvalue weighted by molar-refractivity contribution is 0.0528. The number of carbonyl (C=O) groups is 1. The van der Waals surface area contributed by atoms with Crippen molar-refractivity contribution in [1.82, 2.24) is 0 Å². The Bertz CT molecular complexity index is 602. The van der Waals surface area contributed by atoms with Gasteiger partial charge in [-0.1, -0.05) is 0 Å². The lowest BCUT2D eigenvalue weighted by atomic mass is 10.3. The Hall–Kier alpha value is -1.12. The van der Waals surface area contributed by atoms with Crippen molar-refractivity contribution in [2.24, 2.45) is 0 Å². The zero-order valence-corrected chi connectivity index (χ0v) is 13.7. The lowest BCUT2D eigenvalue weighted by Crippen LogP contribution is -2.26. The number of sulfonamides is 1. The third-order valence-corrected chi connectivity index (χ3v) is 5.45. The smallest absolute Gasteiger partial charge is 0.341 e. The van der Waals surface area contributed by atoms with Crippen LogP contribution in [0.1, 0.15) is 35.0 Å². The number of nitrogens with one attached hydrogen (secondary N) is 1. The Morgan fingerprint density at radius 3 is 2.95 bits per heavy atom. The van der Waals surface area contributed by atoms with Crippen LogP contribution in [0.2, 0.25) is 0 Å². The van der Waals surface area contributed by atoms with Gasteiger partial charge in [0.1, 0.15) is 5.00 Å². The molecule has 1 saturated heterocycles. The number of hydrogen-bond acceptors (Lipinski definition) is 6. The van der Waals surface area contributed by atoms with Crippen LogP contribution in [0, 0.1) is 6.92 Å². The van der Waals surface area contributed by atoms with Crippen LogP contribution in [-0.4, -0.2) is 39.5 Å². The van der Waals surface area contributed by atoms with Gasteiger partial charge in [-0.3, -0.25) is 4.72 Å². The van der Waals surface area contributed by atoms with Gasteiger partial charge in [-0.15, -0.1) is 11.3 Å². The van der Waals surface area contributed by atoms with Gasteiger partial charge in [-0.25, -0.2) is 13.2 Å². The monoisotopic (exact) mass is 333 g/mol. The zero-order valence-electron chi connectivity index (χ0n) is 12.0. The van der Waals surface area contributed by atoms with E-state index in [0.29, 0.717) is 11.6 Å². The van der Waals surface area contributed by atoms with E-state index in [-0.39, 0.29) is 24.0 Å². The van der Waals surface area contributed by atoms with Gasteiger partial charge in [-0.05, 0) is 32.8 Å². The fraction of sp³-hybridized carbons (Fsp3) is 0.615. The molecule has 2 heterocycles. The highest BCUT2D eigenvalue weighted by atomic mass is 32.2. The van der Waals surface area contributed by atoms with Gasteiger partial charge in [-0.2, -0.15) is 0 Å². The topological polar surface area (TPSA) is 81.7 Å². The molecule has 0 aliphatic carbocycles. The minimum absolute atomic E-state index is 0.0911. The lowest BCUT2D eigenvalue weighted by Gasteiger charge is -2.12. The molecule has 0 amide bonds. The van der Waals surface area contributed by atoms with E-state index in [1.54, 1.807) is 13.0 Å². The molecule has 0 aromatic carbocycles. The maximum atomic E-state index is 12.2. The SMILES string of the molecule is CCOC(=O)c1cc(C)sc1NS(=O)(=O)CC1CCCO1. The molecule has 1 fully saturated rings. The number of aryl methyl sites for hydroxylation is 1. The molecule has 21 heavy (non-hydrogen) atoms. The van der Waals surface area contributed by atoms with Gasteiger partial charge < -0.3 is 9.47 Å². The molecule has 0 radical (unpaired) electrons. The van der Waals surface area contributed by atoms with E-state index in [1.165, 1.54) is 11.3 Å². The highest BCUT2D eigenvalue weighted by Gasteiger charge is 2.26. The van der Waals surface area contributed by atoms with E-state index in [0.717, 1.165) is 17.7 Å². The Morgan fingerprint density at radius 1 is 1.57 bits per heavy atom. The van der Waals surface area contributed by atoms with Gasteiger partial charge in [0.15, 0.2) is 0 Å². The number of anilines is 1. The van der Waals surface area contributed by atoms with Crippen LogP contribution in [0.15, 0.2) is 6.07 Å². The molecule has 1 N–H and O–H groups in total. The molecule has 1 atom stereocenters. The number of rotatable bonds is 6. The van der Waals surface area contributed by atoms with Gasteiger partial charge in [0.05, 0.1) is 24.0 Å². The van der Waals surface area contributed by atoms with Crippen molar-refractivity contribution in [2.45, 2.75) is 32.8 Å². The second-order valence-corrected chi connectivity index (χ2v) is 7.86. The van der Waals surface area contributed by atoms with Crippen molar-refractivity contribution in [2.75, 3.05) is 23.7 Å². The Kier molecular flexibility index (Phi) is 5.23. The van der Waals surface area contributed by atoms with Crippen LogP contribution < -0.4 is 4.72 Å². The van der Waals surface area contributed by atoms with Crippen molar-refractivity contribution in [1.29, 1.82) is 0 Å². The molecule has 0 bridgehead atoms. The molecule has 1 unspecified atom stereocenters. The Morgan fingerprint density at radius 2 is 2.33 bits per heavy atom. The average Bonchev–Trinajstić information content (AvgIpc) is 2.98. The van der Waals surface area contributed by atoms with Crippen molar-refractivity contribution in [3.05, 3.63) is 16.5 Å². The molecule has 2 rings (SSSR count). The van der Waals surface area contributed by atoms with Crippen LogP contribution in [0.3, 0.4) is 0 Å². The molecule has 0 saturated carbocycles. The predicted octanol–water partition coefficient (Wildman–Crippen LogP) is 2.15. The molecular weight excluding hydrogens is 314 g/mol. The second kappa shape index (κ2) is 6.76. The minimum atomic E-state index is -3.55. The maximum absolute atomic E-state index is 12.2. The quantitative estimate of drug-likeness (QED) is 0.807. The van der Waals surface area contributed by atoms with E-state index in [1.807, 2.05) is 6.92 Å². The summed E-state index contributed by atoms with van der Waals surface area (Å²) in [6.45, 7) is 4.37. The summed E-state index contributed by atoms with van der Waals surface area (Å²) in [7, 11) is -3.55. The molecule has 118 valence electrons. The summed E-state index contributed by atoms with van der Waals surface area (Å²) in [5.41, 5.74) is 0.260. The molecule has 1 aromatic rings. The first kappa shape index (κ1) is 16.3. The molecular formula is C13H19NO5S2. The van der Waals surface area contributed by atoms with Crippen LogP contribution in [0.25, 0.3) is 0 Å². The normalized spacial score (nSPS) is 18.7. The first-order chi connectivity index (χ1) is 9.91. The summed E-state index contributed by atoms with van der Waals surface area (Å²) < 4.78 is 37.1. The first-order valence-electron chi connectivity index (χ1n) is 6.81. The largest absolute Gasteiger partial charge is 0.462 e. The number of esters is 1. The third kappa shape index (κ3) is 4.42. The van der Waals surface area contributed by atoms with Crippen molar-refractivity contribution < 1.29 is 22.7 Å². The van der Waals surface area contributed by atoms with Gasteiger partial charge in [0, 0.05) is 11.5 Å². The molecule has 0 spiro atoms. The van der Waals surface area contributed by atoms with E-state index in [4.69, 9.17) is 9.47 Å². The third-order valence-electron chi connectivity index (χ3n) is 3.03. The van der Waals surface area contributed by atoms with E-state index in [9.17, 15) is 13.2 Å². The summed E-state index contributed by atoms with van der Waals surface area (Å²) in [6.07, 6.45) is 1.36. The molecule has 1 aromatic heterocycles. The molecule has 1 aliphatic heterocycles. The van der Waals surface area contributed by atoms with Gasteiger partial charge in [0.2, 0.25) is 10.0 Å². The fourth-order valence-corrected chi connectivity index (χ4v) is 4.68. The van der Waals surface area contributed by atoms with Gasteiger partial charge in [0.25, 0.3) is 0 Å². The second-order valence-electron chi connectivity index (χ2n) is 4.84. The van der Waals surface area contributed by atoms with Crippen LogP contribution in [0.5, 0.6) is 0 Å². The highest BCUT2D eigenvalue weighted by molar-refractivity contribution is 7.92. The Labute approximate surface area is 128 Å². The maximum Gasteiger partial charge on any atom is 0.341 e. The van der Waals surface area contributed by atoms with Crippen LogP contribution in [0.4, 0.5) is 5.00 Å². The minimum Gasteiger partial charge on any atom is -0.462 e. The first-order valence-corrected chi connectivity index (χ1v) is 9.28. The Balaban J connectivity index is 2.12. The van der Waals surface area contributed by atoms with Crippen LogP contribution in [-0.2, 0) is 19.5 Å². The molecule has 8 heteroatoms. The number of ether oxygens (including phenoxy) is 2. The van der Waals surface area contributed by atoms with E-state index >= 15 is 0 Å². The summed E-state index contributed by atoms with van der Waals surface area (Å²) in [5, 5.41) is 0.309. The molecule has 1 aliphatic rings. The van der Waals surface area contributed by atoms with Gasteiger partial charge >= 0.3 is 5.97 Å². The van der Waals surface area contributed by atoms with Crippen molar-refractivity contribution in [3.63, 3.8) is 0 Å². The fourth-order valence-electron chi connectivity index (χ4n) is 2.15. The van der Waals surface area contributed by atoms with Crippen molar-refractivity contribution >= 4 is 32.3 Å². The number of carbonyl (C=O) groups excluding carboxylic acids is 1. The van der Waals surface area contributed by atoms with E-state index < -0.39 is 16.0 Å². The van der Waals surface area contributed by atoms with Crippen LogP contribution >= 0.6 is 11.3 Å². The highest BCUT2D eigenvalue weighted by Crippen LogP contribution is 2.29. The predicted molar refractivity (Wildman–Crippen MR) is 81.4 cm³/mol. The summed E-state index contributed by atoms with van der Waals surface area (Å²) in [6, 6.07) is 1.63. The standard InChI is InChI=1S/C13H19NO5S2/c1-3-18-13(15)11-7-9(2)20-12(11)14-21(16,17)8-10-5-4-6-19-10/h7,10,14H,3-6,8H2,1-2H3. The number of hydrogen-bond donors (Lipinski definition) is 1.